The summed E-state index contributed by atoms with van der Waals surface area (Å²) in [6.07, 6.45) is -1.01. The van der Waals surface area contributed by atoms with Crippen molar-refractivity contribution in [3.63, 3.8) is 0 Å². The predicted octanol–water partition coefficient (Wildman–Crippen LogP) is 2.14. The first-order chi connectivity index (χ1) is 31.1. The van der Waals surface area contributed by atoms with Crippen LogP contribution in [0.3, 0.4) is 0 Å². The van der Waals surface area contributed by atoms with E-state index in [1.807, 2.05) is 44.2 Å². The Morgan fingerprint density at radius 3 is 2.06 bits per heavy atom. The number of nitrogens with two attached hydrogens (primary N) is 1. The molecule has 8 N–H and O–H groups in total. The fourth-order valence-electron chi connectivity index (χ4n) is 6.86. The number of ketones is 1. The number of carbonyl (C=O) groups is 9. The number of carbonyl (C=O) groups excluding carboxylic acids is 8. The monoisotopic (exact) mass is 899 g/mol. The van der Waals surface area contributed by atoms with Crippen molar-refractivity contribution in [1.82, 2.24) is 31.5 Å². The van der Waals surface area contributed by atoms with Crippen molar-refractivity contribution in [2.75, 3.05) is 26.2 Å². The summed E-state index contributed by atoms with van der Waals surface area (Å²) in [4.78, 5) is 118. The van der Waals surface area contributed by atoms with Gasteiger partial charge in [0.05, 0.1) is 37.5 Å². The van der Waals surface area contributed by atoms with E-state index in [0.29, 0.717) is 12.0 Å². The summed E-state index contributed by atoms with van der Waals surface area (Å²) < 4.78 is 11.5. The lowest BCUT2D eigenvalue weighted by atomic mass is 10.0. The number of ether oxygens (including phenoxy) is 2. The van der Waals surface area contributed by atoms with Gasteiger partial charge in [0.2, 0.25) is 29.4 Å². The smallest absolute Gasteiger partial charge is 0.407 e. The van der Waals surface area contributed by atoms with Gasteiger partial charge < -0.3 is 51.8 Å². The molecule has 3 aromatic rings. The highest BCUT2D eigenvalue weighted by atomic mass is 16.5. The molecule has 4 rings (SSSR count). The molecule has 5 atom stereocenters. The Hall–Kier alpha value is -7.15. The third-order valence-corrected chi connectivity index (χ3v) is 10.2. The molecule has 0 aliphatic carbocycles. The summed E-state index contributed by atoms with van der Waals surface area (Å²) in [5, 5.41) is 21.8. The fourth-order valence-corrected chi connectivity index (χ4v) is 6.86. The van der Waals surface area contributed by atoms with E-state index in [1.165, 1.54) is 29.2 Å². The van der Waals surface area contributed by atoms with Crippen molar-refractivity contribution in [1.29, 1.82) is 0 Å². The maximum atomic E-state index is 14.5. The molecule has 1 aliphatic rings. The number of carboxylic acids is 1. The second-order valence-electron chi connectivity index (χ2n) is 15.8. The number of rotatable bonds is 24. The van der Waals surface area contributed by atoms with Crippen molar-refractivity contribution in [3.05, 3.63) is 107 Å². The second kappa shape index (κ2) is 25.2. The maximum Gasteiger partial charge on any atom is 0.407 e. The van der Waals surface area contributed by atoms with Crippen LogP contribution in [0.5, 0.6) is 0 Å². The predicted molar refractivity (Wildman–Crippen MR) is 235 cm³/mol. The maximum absolute atomic E-state index is 14.5. The summed E-state index contributed by atoms with van der Waals surface area (Å²) in [7, 11) is 0. The Bertz CT molecular complexity index is 2140. The molecule has 1 unspecified atom stereocenters. The van der Waals surface area contributed by atoms with Crippen LogP contribution < -0.4 is 32.3 Å². The van der Waals surface area contributed by atoms with Crippen LogP contribution in [0.15, 0.2) is 84.9 Å². The summed E-state index contributed by atoms with van der Waals surface area (Å²) >= 11 is 0. The molecule has 65 heavy (non-hydrogen) atoms. The van der Waals surface area contributed by atoms with Crippen LogP contribution in [-0.2, 0) is 44.8 Å². The molecule has 0 bridgehead atoms. The van der Waals surface area contributed by atoms with Crippen LogP contribution >= 0.6 is 0 Å². The van der Waals surface area contributed by atoms with Gasteiger partial charge >= 0.3 is 12.1 Å². The normalized spacial score (nSPS) is 15.7. The standard InChI is InChI=1S/C46H57N7O12/c1-4-12-34(39(55)43(59)49-24-37(54)52-38(40(47)56)30-15-9-6-10-16-30)50-42(58)36-23-33(64-27-29-13-7-5-8-14-29)25-53(36)44(60)35(51-46(63)65-26-28(2)3)17-11-22-48-41(57)31-18-20-32(21-19-31)45(61)62/h5-10,13-16,18-21,28,33-36,38H,4,11-12,17,22-27H2,1-3H3,(H2,47,56)(H,48,57)(H,49,59)(H,50,58)(H,51,63)(H,52,54)(H,61,62)/t33-,34?,35+,36+,38+/m1/s1. The van der Waals surface area contributed by atoms with Gasteiger partial charge in [0.25, 0.3) is 11.8 Å². The van der Waals surface area contributed by atoms with Crippen LogP contribution in [0.2, 0.25) is 0 Å². The molecule has 19 nitrogen and oxygen atoms in total. The first kappa shape index (κ1) is 50.5. The van der Waals surface area contributed by atoms with E-state index in [2.05, 4.69) is 26.6 Å². The highest BCUT2D eigenvalue weighted by molar-refractivity contribution is 6.38. The molecule has 3 aromatic carbocycles. The van der Waals surface area contributed by atoms with Gasteiger partial charge in [-0.25, -0.2) is 9.59 Å². The van der Waals surface area contributed by atoms with Crippen molar-refractivity contribution in [2.24, 2.45) is 11.7 Å². The minimum atomic E-state index is -1.36. The number of primary amides is 1. The van der Waals surface area contributed by atoms with Gasteiger partial charge in [-0.05, 0) is 60.6 Å². The van der Waals surface area contributed by atoms with Gasteiger partial charge in [-0.2, -0.15) is 0 Å². The Balaban J connectivity index is 1.48. The fraction of sp³-hybridized carbons (Fsp3) is 0.413. The number of nitrogens with one attached hydrogen (secondary N) is 5. The van der Waals surface area contributed by atoms with E-state index in [-0.39, 0.29) is 69.0 Å². The number of benzene rings is 3. The Kier molecular flexibility index (Phi) is 19.6. The number of Topliss-reactive ketones (excluding diaryl/α,β-unsaturated/α-hetero) is 1. The van der Waals surface area contributed by atoms with E-state index < -0.39 is 90.1 Å². The SMILES string of the molecule is CCCC(NC(=O)[C@@H]1C[C@@H](OCc2ccccc2)CN1C(=O)[C@H](CCCNC(=O)c1ccc(C(=O)O)cc1)NC(=O)OCC(C)C)C(=O)C(=O)NCC(=O)N[C@H](C(N)=O)c1ccccc1. The minimum Gasteiger partial charge on any atom is -0.478 e. The highest BCUT2D eigenvalue weighted by Gasteiger charge is 2.44. The molecule has 1 aliphatic heterocycles. The lowest BCUT2D eigenvalue weighted by Crippen LogP contribution is -2.56. The lowest BCUT2D eigenvalue weighted by Gasteiger charge is -2.29. The highest BCUT2D eigenvalue weighted by Crippen LogP contribution is 2.24. The average Bonchev–Trinajstić information content (AvgIpc) is 3.74. The number of likely N-dealkylation sites (tertiary alicyclic amines) is 1. The third kappa shape index (κ3) is 15.9. The molecular weight excluding hydrogens is 843 g/mol. The van der Waals surface area contributed by atoms with Crippen LogP contribution in [0.4, 0.5) is 4.79 Å². The Morgan fingerprint density at radius 2 is 1.45 bits per heavy atom. The summed E-state index contributed by atoms with van der Waals surface area (Å²) in [6.45, 7) is 4.90. The van der Waals surface area contributed by atoms with E-state index in [4.69, 9.17) is 20.3 Å². The zero-order valence-electron chi connectivity index (χ0n) is 36.6. The molecule has 7 amide bonds. The molecule has 0 saturated carbocycles. The molecule has 1 heterocycles. The van der Waals surface area contributed by atoms with Gasteiger partial charge in [-0.1, -0.05) is 87.9 Å². The number of amides is 7. The Labute approximate surface area is 376 Å². The van der Waals surface area contributed by atoms with Gasteiger partial charge in [-0.15, -0.1) is 0 Å². The first-order valence-corrected chi connectivity index (χ1v) is 21.3. The number of alkyl carbamates (subject to hydrolysis) is 1. The van der Waals surface area contributed by atoms with Crippen LogP contribution in [0.25, 0.3) is 0 Å². The van der Waals surface area contributed by atoms with E-state index in [1.54, 1.807) is 37.3 Å². The lowest BCUT2D eigenvalue weighted by molar-refractivity contribution is -0.143. The second-order valence-corrected chi connectivity index (χ2v) is 15.8. The molecule has 0 spiro atoms. The minimum absolute atomic E-state index is 0.00645. The van der Waals surface area contributed by atoms with Crippen LogP contribution in [0, 0.1) is 5.92 Å². The number of nitrogens with zero attached hydrogens (tertiary/aromatic N) is 1. The van der Waals surface area contributed by atoms with Gasteiger partial charge in [-0.3, -0.25) is 33.6 Å². The molecular formula is C46H57N7O12. The summed E-state index contributed by atoms with van der Waals surface area (Å²) in [6, 6.07) is 17.7. The molecule has 348 valence electrons. The van der Waals surface area contributed by atoms with Gasteiger partial charge in [0.15, 0.2) is 0 Å². The zero-order valence-corrected chi connectivity index (χ0v) is 36.6. The molecule has 19 heteroatoms. The van der Waals surface area contributed by atoms with Gasteiger partial charge in [0.1, 0.15) is 18.1 Å². The third-order valence-electron chi connectivity index (χ3n) is 10.2. The summed E-state index contributed by atoms with van der Waals surface area (Å²) in [5.74, 6) is -6.96. The van der Waals surface area contributed by atoms with Crippen LogP contribution in [-0.4, -0.2) is 114 Å². The first-order valence-electron chi connectivity index (χ1n) is 21.3. The quantitative estimate of drug-likeness (QED) is 0.0503. The molecule has 0 radical (unpaired) electrons. The van der Waals surface area contributed by atoms with E-state index >= 15 is 0 Å². The topological polar surface area (TPSA) is 282 Å². The average molecular weight is 900 g/mol. The van der Waals surface area contributed by atoms with Gasteiger partial charge in [0, 0.05) is 25.1 Å². The summed E-state index contributed by atoms with van der Waals surface area (Å²) in [5.41, 5.74) is 6.95. The van der Waals surface area contributed by atoms with Crippen molar-refractivity contribution in [2.45, 2.75) is 89.8 Å². The van der Waals surface area contributed by atoms with E-state index in [0.717, 1.165) is 5.56 Å². The van der Waals surface area contributed by atoms with Crippen molar-refractivity contribution < 1.29 is 57.7 Å². The van der Waals surface area contributed by atoms with E-state index in [9.17, 15) is 43.2 Å². The van der Waals surface area contributed by atoms with Crippen LogP contribution in [0.1, 0.15) is 90.8 Å². The number of hydrogen-bond donors (Lipinski definition) is 7. The number of carboxylic acid groups (broad SMARTS) is 1. The zero-order chi connectivity index (χ0) is 47.5. The number of hydrogen-bond acceptors (Lipinski definition) is 11. The largest absolute Gasteiger partial charge is 0.478 e. The van der Waals surface area contributed by atoms with Crippen molar-refractivity contribution in [3.8, 4) is 0 Å². The Morgan fingerprint density at radius 1 is 0.800 bits per heavy atom. The number of aromatic carboxylic acids is 1. The van der Waals surface area contributed by atoms with Crippen molar-refractivity contribution >= 4 is 53.3 Å². The molecule has 1 fully saturated rings. The molecule has 0 aromatic heterocycles. The molecule has 1 saturated heterocycles.